The van der Waals surface area contributed by atoms with Gasteiger partial charge < -0.3 is 25.6 Å². The molecule has 22 heavy (non-hydrogen) atoms. The highest BCUT2D eigenvalue weighted by Gasteiger charge is 2.30. The molecule has 0 saturated carbocycles. The van der Waals surface area contributed by atoms with Gasteiger partial charge in [0.05, 0.1) is 6.54 Å². The lowest BCUT2D eigenvalue weighted by molar-refractivity contribution is -0.155. The van der Waals surface area contributed by atoms with Gasteiger partial charge in [-0.15, -0.1) is 0 Å². The van der Waals surface area contributed by atoms with E-state index in [1.165, 1.54) is 0 Å². The minimum atomic E-state index is -2.02. The van der Waals surface area contributed by atoms with Crippen molar-refractivity contribution in [2.75, 3.05) is 18.5 Å². The summed E-state index contributed by atoms with van der Waals surface area (Å²) in [5, 5.41) is 23.1. The Balaban J connectivity index is 2.56. The van der Waals surface area contributed by atoms with Crippen molar-refractivity contribution < 1.29 is 24.5 Å². The van der Waals surface area contributed by atoms with Crippen LogP contribution < -0.4 is 15.4 Å². The van der Waals surface area contributed by atoms with Crippen LogP contribution in [-0.4, -0.2) is 41.0 Å². The van der Waals surface area contributed by atoms with Crippen molar-refractivity contribution in [3.8, 4) is 5.75 Å². The summed E-state index contributed by atoms with van der Waals surface area (Å²) >= 11 is 0. The number of ether oxygens (including phenoxy) is 1. The molecule has 7 nitrogen and oxygen atoms in total. The Morgan fingerprint density at radius 1 is 1.41 bits per heavy atom. The number of nitrogens with one attached hydrogen (secondary N) is 2. The summed E-state index contributed by atoms with van der Waals surface area (Å²) in [6, 6.07) is 6.09. The van der Waals surface area contributed by atoms with Gasteiger partial charge in [0.15, 0.2) is 5.60 Å². The average Bonchev–Trinajstić information content (AvgIpc) is 2.43. The fraction of sp³-hybridized carbons (Fsp3) is 0.333. The zero-order valence-electron chi connectivity index (χ0n) is 12.5. The van der Waals surface area contributed by atoms with Crippen LogP contribution in [0, 0.1) is 0 Å². The molecule has 4 N–H and O–H groups in total. The fourth-order valence-corrected chi connectivity index (χ4v) is 1.37. The molecular formula is C15H20N2O5. The molecule has 0 aliphatic rings. The van der Waals surface area contributed by atoms with Crippen molar-refractivity contribution in [3.63, 3.8) is 0 Å². The number of carbonyl (C=O) groups excluding carboxylic acids is 1. The number of aliphatic hydroxyl groups is 1. The highest BCUT2D eigenvalue weighted by molar-refractivity contribution is 5.90. The van der Waals surface area contributed by atoms with E-state index in [-0.39, 0.29) is 0 Å². The van der Waals surface area contributed by atoms with Crippen molar-refractivity contribution in [1.82, 2.24) is 5.32 Å². The molecular weight excluding hydrogens is 288 g/mol. The third kappa shape index (κ3) is 5.84. The number of hydrogen-bond donors (Lipinski definition) is 4. The fourth-order valence-electron chi connectivity index (χ4n) is 1.37. The molecule has 1 unspecified atom stereocenters. The largest absolute Gasteiger partial charge is 0.489 e. The van der Waals surface area contributed by atoms with E-state index in [2.05, 4.69) is 17.2 Å². The van der Waals surface area contributed by atoms with Crippen molar-refractivity contribution in [2.45, 2.75) is 19.4 Å². The standard InChI is InChI=1S/C15H20N2O5/c1-10(2)8-22-12-6-4-5-11(7-12)17-14(20)16-9-15(3,21)13(18)19/h4-7,21H,1,8-9H2,2-3H3,(H,18,19)(H2,16,17,20). The predicted octanol–water partition coefficient (Wildman–Crippen LogP) is 1.60. The Hall–Kier alpha value is -2.54. The third-order valence-electron chi connectivity index (χ3n) is 2.63. The molecule has 2 amide bonds. The molecule has 1 rings (SSSR count). The van der Waals surface area contributed by atoms with Crippen molar-refractivity contribution in [3.05, 3.63) is 36.4 Å². The third-order valence-corrected chi connectivity index (χ3v) is 2.63. The monoisotopic (exact) mass is 308 g/mol. The van der Waals surface area contributed by atoms with Crippen LogP contribution in [0.5, 0.6) is 5.75 Å². The quantitative estimate of drug-likeness (QED) is 0.572. The van der Waals surface area contributed by atoms with Gasteiger partial charge in [0, 0.05) is 11.8 Å². The summed E-state index contributed by atoms with van der Waals surface area (Å²) in [4.78, 5) is 22.4. The average molecular weight is 308 g/mol. The number of carboxylic acid groups (broad SMARTS) is 1. The van der Waals surface area contributed by atoms with Crippen LogP contribution in [0.1, 0.15) is 13.8 Å². The SMILES string of the molecule is C=C(C)COc1cccc(NC(=O)NCC(C)(O)C(=O)O)c1. The van der Waals surface area contributed by atoms with Gasteiger partial charge in [-0.2, -0.15) is 0 Å². The smallest absolute Gasteiger partial charge is 0.337 e. The Morgan fingerprint density at radius 2 is 2.09 bits per heavy atom. The Bertz CT molecular complexity index is 569. The first kappa shape index (κ1) is 17.5. The Labute approximate surface area is 128 Å². The number of urea groups is 1. The molecule has 1 atom stereocenters. The molecule has 0 spiro atoms. The number of benzene rings is 1. The van der Waals surface area contributed by atoms with Crippen molar-refractivity contribution in [1.29, 1.82) is 0 Å². The zero-order chi connectivity index (χ0) is 16.8. The minimum absolute atomic E-state index is 0.372. The molecule has 0 aliphatic carbocycles. The number of rotatable bonds is 7. The maximum absolute atomic E-state index is 11.7. The molecule has 7 heteroatoms. The van der Waals surface area contributed by atoms with E-state index in [1.54, 1.807) is 24.3 Å². The lowest BCUT2D eigenvalue weighted by Gasteiger charge is -2.18. The van der Waals surface area contributed by atoms with E-state index in [0.29, 0.717) is 18.0 Å². The topological polar surface area (TPSA) is 108 Å². The molecule has 120 valence electrons. The molecule has 0 fully saturated rings. The van der Waals surface area contributed by atoms with Crippen LogP contribution in [0.15, 0.2) is 36.4 Å². The normalized spacial score (nSPS) is 12.9. The molecule has 0 saturated heterocycles. The van der Waals surface area contributed by atoms with Crippen molar-refractivity contribution >= 4 is 17.7 Å². The first-order chi connectivity index (χ1) is 10.2. The maximum Gasteiger partial charge on any atom is 0.337 e. The number of anilines is 1. The van der Waals surface area contributed by atoms with Gasteiger partial charge in [-0.25, -0.2) is 9.59 Å². The highest BCUT2D eigenvalue weighted by Crippen LogP contribution is 2.17. The van der Waals surface area contributed by atoms with E-state index in [9.17, 15) is 14.7 Å². The summed E-state index contributed by atoms with van der Waals surface area (Å²) in [5.41, 5.74) is -0.678. The van der Waals surface area contributed by atoms with E-state index in [1.807, 2.05) is 6.92 Å². The van der Waals surface area contributed by atoms with E-state index in [0.717, 1.165) is 12.5 Å². The number of hydrogen-bond acceptors (Lipinski definition) is 4. The summed E-state index contributed by atoms with van der Waals surface area (Å²) in [6.07, 6.45) is 0. The molecule has 1 aromatic carbocycles. The number of amides is 2. The summed E-state index contributed by atoms with van der Waals surface area (Å²) in [5.74, 6) is -0.846. The number of carboxylic acids is 1. The lowest BCUT2D eigenvalue weighted by atomic mass is 10.1. The van der Waals surface area contributed by atoms with Gasteiger partial charge in [0.25, 0.3) is 0 Å². The first-order valence-corrected chi connectivity index (χ1v) is 6.58. The second-order valence-corrected chi connectivity index (χ2v) is 5.16. The van der Waals surface area contributed by atoms with Crippen LogP contribution in [0.2, 0.25) is 0 Å². The van der Waals surface area contributed by atoms with Gasteiger partial charge in [-0.1, -0.05) is 12.6 Å². The zero-order valence-corrected chi connectivity index (χ0v) is 12.5. The second-order valence-electron chi connectivity index (χ2n) is 5.16. The molecule has 0 radical (unpaired) electrons. The summed E-state index contributed by atoms with van der Waals surface area (Å²) in [7, 11) is 0. The van der Waals surface area contributed by atoms with Crippen LogP contribution in [0.3, 0.4) is 0 Å². The predicted molar refractivity (Wildman–Crippen MR) is 82.0 cm³/mol. The molecule has 1 aromatic rings. The maximum atomic E-state index is 11.7. The number of carbonyl (C=O) groups is 2. The molecule has 0 aliphatic heterocycles. The van der Waals surface area contributed by atoms with Gasteiger partial charge in [-0.05, 0) is 31.6 Å². The summed E-state index contributed by atoms with van der Waals surface area (Å²) in [6.45, 7) is 6.62. The Morgan fingerprint density at radius 3 is 2.68 bits per heavy atom. The van der Waals surface area contributed by atoms with Crippen LogP contribution in [0.4, 0.5) is 10.5 Å². The van der Waals surface area contributed by atoms with Gasteiger partial charge in [0.1, 0.15) is 12.4 Å². The molecule has 0 heterocycles. The van der Waals surface area contributed by atoms with Gasteiger partial charge in [-0.3, -0.25) is 0 Å². The van der Waals surface area contributed by atoms with Crippen LogP contribution in [-0.2, 0) is 4.79 Å². The first-order valence-electron chi connectivity index (χ1n) is 6.58. The van der Waals surface area contributed by atoms with Crippen LogP contribution >= 0.6 is 0 Å². The lowest BCUT2D eigenvalue weighted by Crippen LogP contribution is -2.47. The Kier molecular flexibility index (Phi) is 5.94. The van der Waals surface area contributed by atoms with Crippen LogP contribution in [0.25, 0.3) is 0 Å². The van der Waals surface area contributed by atoms with Gasteiger partial charge >= 0.3 is 12.0 Å². The van der Waals surface area contributed by atoms with E-state index >= 15 is 0 Å². The molecule has 0 bridgehead atoms. The van der Waals surface area contributed by atoms with Crippen molar-refractivity contribution in [2.24, 2.45) is 0 Å². The number of aliphatic carboxylic acids is 1. The molecule has 0 aromatic heterocycles. The minimum Gasteiger partial charge on any atom is -0.489 e. The van der Waals surface area contributed by atoms with E-state index < -0.39 is 24.1 Å². The second kappa shape index (κ2) is 7.46. The summed E-state index contributed by atoms with van der Waals surface area (Å²) < 4.78 is 5.45. The highest BCUT2D eigenvalue weighted by atomic mass is 16.5. The van der Waals surface area contributed by atoms with Gasteiger partial charge in [0.2, 0.25) is 0 Å². The van der Waals surface area contributed by atoms with E-state index in [4.69, 9.17) is 9.84 Å².